The van der Waals surface area contributed by atoms with Gasteiger partial charge in [-0.15, -0.1) is 0 Å². The van der Waals surface area contributed by atoms with Crippen molar-refractivity contribution in [2.75, 3.05) is 13.7 Å². The average Bonchev–Trinajstić information content (AvgIpc) is 3.28. The summed E-state index contributed by atoms with van der Waals surface area (Å²) in [6.07, 6.45) is 4.00. The maximum Gasteiger partial charge on any atom is 0.251 e. The largest absolute Gasteiger partial charge is 0.362 e. The number of hydrogen-bond acceptors (Lipinski definition) is 4. The first kappa shape index (κ1) is 22.5. The van der Waals surface area contributed by atoms with Gasteiger partial charge in [0, 0.05) is 48.0 Å². The number of nitrogens with zero attached hydrogens (tertiary/aromatic N) is 3. The van der Waals surface area contributed by atoms with Crippen molar-refractivity contribution in [2.45, 2.75) is 5.66 Å². The molecule has 0 bridgehead atoms. The van der Waals surface area contributed by atoms with E-state index in [9.17, 15) is 4.79 Å². The van der Waals surface area contributed by atoms with Gasteiger partial charge in [-0.05, 0) is 58.7 Å². The van der Waals surface area contributed by atoms with Crippen LogP contribution in [-0.2, 0) is 12.7 Å². The first-order valence-electron chi connectivity index (χ1n) is 10.9. The number of pyridine rings is 1. The molecule has 0 saturated carbocycles. The third-order valence-electron chi connectivity index (χ3n) is 6.44. The van der Waals surface area contributed by atoms with E-state index >= 15 is 0 Å². The van der Waals surface area contributed by atoms with E-state index in [4.69, 9.17) is 28.9 Å². The lowest BCUT2D eigenvalue weighted by Crippen LogP contribution is -2.52. The van der Waals surface area contributed by atoms with Gasteiger partial charge in [0.15, 0.2) is 0 Å². The quantitative estimate of drug-likeness (QED) is 0.418. The summed E-state index contributed by atoms with van der Waals surface area (Å²) in [5.74, 6) is 0. The molecule has 34 heavy (non-hydrogen) atoms. The first-order valence-corrected chi connectivity index (χ1v) is 11.6. The van der Waals surface area contributed by atoms with Gasteiger partial charge in [0.05, 0.1) is 12.2 Å². The molecule has 0 fully saturated rings. The smallest absolute Gasteiger partial charge is 0.251 e. The van der Waals surface area contributed by atoms with Crippen LogP contribution in [-0.4, -0.2) is 28.1 Å². The van der Waals surface area contributed by atoms with Crippen molar-refractivity contribution < 1.29 is 0 Å². The molecule has 2 N–H and O–H groups in total. The summed E-state index contributed by atoms with van der Waals surface area (Å²) in [6.45, 7) is 0.631. The molecular formula is C27H24Cl2N4O. The fraction of sp³-hybridized carbons (Fsp3) is 0.148. The highest BCUT2D eigenvalue weighted by Crippen LogP contribution is 2.37. The molecule has 0 amide bonds. The van der Waals surface area contributed by atoms with Gasteiger partial charge in [-0.2, -0.15) is 0 Å². The highest BCUT2D eigenvalue weighted by atomic mass is 35.5. The second-order valence-electron chi connectivity index (χ2n) is 8.64. The number of hydrogen-bond donors (Lipinski definition) is 1. The summed E-state index contributed by atoms with van der Waals surface area (Å²) in [4.78, 5) is 16.9. The van der Waals surface area contributed by atoms with E-state index in [-0.39, 0.29) is 5.56 Å². The fourth-order valence-corrected chi connectivity index (χ4v) is 4.87. The Hall–Kier alpha value is -3.25. The number of aryl methyl sites for hydroxylation is 1. The van der Waals surface area contributed by atoms with Gasteiger partial charge in [-0.3, -0.25) is 4.79 Å². The molecule has 0 saturated heterocycles. The summed E-state index contributed by atoms with van der Waals surface area (Å²) in [7, 11) is 3.78. The molecule has 2 heterocycles. The predicted octanol–water partition coefficient (Wildman–Crippen LogP) is 5.35. The predicted molar refractivity (Wildman–Crippen MR) is 140 cm³/mol. The van der Waals surface area contributed by atoms with Crippen LogP contribution < -0.4 is 11.3 Å². The van der Waals surface area contributed by atoms with Crippen LogP contribution in [0.1, 0.15) is 11.1 Å². The summed E-state index contributed by atoms with van der Waals surface area (Å²) in [6, 6.07) is 22.8. The molecule has 0 spiro atoms. The van der Waals surface area contributed by atoms with Crippen molar-refractivity contribution in [2.24, 2.45) is 12.8 Å². The van der Waals surface area contributed by atoms with Crippen LogP contribution in [0.25, 0.3) is 22.0 Å². The van der Waals surface area contributed by atoms with Crippen molar-refractivity contribution in [3.8, 4) is 11.1 Å². The summed E-state index contributed by atoms with van der Waals surface area (Å²) < 4.78 is 1.65. The second kappa shape index (κ2) is 8.51. The topological polar surface area (TPSA) is 54.5 Å². The number of aromatic nitrogens is 1. The minimum Gasteiger partial charge on any atom is -0.362 e. The standard InChI is InChI=1S/C27H24Cl2N4O/c1-31-12-13-33(17-31)27(30,19-6-9-21(28)10-7-19)20-8-11-25-24(15-20)23(16-26(34)32(25)2)18-4-3-5-22(29)14-18/h3-16H,17,30H2,1-2H3. The second-order valence-corrected chi connectivity index (χ2v) is 9.51. The third kappa shape index (κ3) is 3.76. The summed E-state index contributed by atoms with van der Waals surface area (Å²) >= 11 is 12.5. The molecule has 1 aliphatic rings. The Bertz CT molecular complexity index is 1480. The monoisotopic (exact) mass is 490 g/mol. The van der Waals surface area contributed by atoms with Crippen molar-refractivity contribution in [3.05, 3.63) is 117 Å². The molecule has 4 aromatic rings. The van der Waals surface area contributed by atoms with Crippen molar-refractivity contribution in [1.82, 2.24) is 14.4 Å². The zero-order valence-corrected chi connectivity index (χ0v) is 20.4. The van der Waals surface area contributed by atoms with Crippen LogP contribution in [0.15, 0.2) is 90.0 Å². The number of halogens is 2. The van der Waals surface area contributed by atoms with Gasteiger partial charge >= 0.3 is 0 Å². The lowest BCUT2D eigenvalue weighted by Gasteiger charge is -2.40. The van der Waals surface area contributed by atoms with Crippen molar-refractivity contribution >= 4 is 34.1 Å². The maximum atomic E-state index is 12.8. The first-order chi connectivity index (χ1) is 16.3. The molecule has 1 aromatic heterocycles. The Kier molecular flexibility index (Phi) is 5.64. The zero-order chi connectivity index (χ0) is 24.0. The molecule has 1 atom stereocenters. The molecule has 1 unspecified atom stereocenters. The normalized spacial score (nSPS) is 15.2. The molecule has 1 aliphatic heterocycles. The zero-order valence-electron chi connectivity index (χ0n) is 18.9. The minimum absolute atomic E-state index is 0.0870. The average molecular weight is 491 g/mol. The molecule has 7 heteroatoms. The minimum atomic E-state index is -0.958. The number of rotatable bonds is 4. The molecule has 172 valence electrons. The molecule has 5 rings (SSSR count). The Morgan fingerprint density at radius 3 is 2.26 bits per heavy atom. The van der Waals surface area contributed by atoms with Crippen LogP contribution in [0.4, 0.5) is 0 Å². The molecule has 0 aliphatic carbocycles. The Morgan fingerprint density at radius 2 is 1.59 bits per heavy atom. The van der Waals surface area contributed by atoms with E-state index in [1.165, 1.54) is 0 Å². The van der Waals surface area contributed by atoms with Crippen molar-refractivity contribution in [1.29, 1.82) is 0 Å². The number of fused-ring (bicyclic) bond motifs is 1. The highest BCUT2D eigenvalue weighted by molar-refractivity contribution is 6.31. The van der Waals surface area contributed by atoms with E-state index in [2.05, 4.69) is 15.9 Å². The highest BCUT2D eigenvalue weighted by Gasteiger charge is 2.37. The van der Waals surface area contributed by atoms with Gasteiger partial charge in [-0.25, -0.2) is 0 Å². The van der Waals surface area contributed by atoms with Gasteiger partial charge in [0.1, 0.15) is 5.66 Å². The van der Waals surface area contributed by atoms with Gasteiger partial charge in [0.2, 0.25) is 0 Å². The Balaban J connectivity index is 1.78. The van der Waals surface area contributed by atoms with Gasteiger partial charge in [0.25, 0.3) is 5.56 Å². The maximum absolute atomic E-state index is 12.8. The van der Waals surface area contributed by atoms with Crippen LogP contribution >= 0.6 is 23.2 Å². The van der Waals surface area contributed by atoms with Crippen LogP contribution in [0.3, 0.4) is 0 Å². The Labute approximate surface area is 208 Å². The molecule has 0 radical (unpaired) electrons. The van der Waals surface area contributed by atoms with Gasteiger partial charge in [-0.1, -0.05) is 53.5 Å². The van der Waals surface area contributed by atoms with Crippen LogP contribution in [0.5, 0.6) is 0 Å². The van der Waals surface area contributed by atoms with Gasteiger partial charge < -0.3 is 20.1 Å². The Morgan fingerprint density at radius 1 is 0.853 bits per heavy atom. The fourth-order valence-electron chi connectivity index (χ4n) is 4.55. The van der Waals surface area contributed by atoms with E-state index in [0.717, 1.165) is 33.2 Å². The molecule has 5 nitrogen and oxygen atoms in total. The van der Waals surface area contributed by atoms with E-state index in [0.29, 0.717) is 16.7 Å². The van der Waals surface area contributed by atoms with E-state index < -0.39 is 5.66 Å². The summed E-state index contributed by atoms with van der Waals surface area (Å²) in [5, 5.41) is 2.18. The third-order valence-corrected chi connectivity index (χ3v) is 6.92. The molecule has 3 aromatic carbocycles. The van der Waals surface area contributed by atoms with Crippen molar-refractivity contribution in [3.63, 3.8) is 0 Å². The summed E-state index contributed by atoms with van der Waals surface area (Å²) in [5.41, 5.74) is 10.5. The van der Waals surface area contributed by atoms with E-state index in [1.54, 1.807) is 17.7 Å². The number of benzene rings is 3. The number of nitrogens with two attached hydrogens (primary N) is 1. The van der Waals surface area contributed by atoms with Crippen LogP contribution in [0.2, 0.25) is 10.0 Å². The van der Waals surface area contributed by atoms with E-state index in [1.807, 2.05) is 80.1 Å². The lowest BCUT2D eigenvalue weighted by molar-refractivity contribution is 0.165. The molecular weight excluding hydrogens is 467 g/mol. The SMILES string of the molecule is CN1C=CN(C(N)(c2ccc(Cl)cc2)c2ccc3c(c2)c(-c2cccc(Cl)c2)cc(=O)n3C)C1. The lowest BCUT2D eigenvalue weighted by atomic mass is 9.88. The van der Waals surface area contributed by atoms with Crippen LogP contribution in [0, 0.1) is 0 Å².